The van der Waals surface area contributed by atoms with Crippen molar-refractivity contribution in [2.24, 2.45) is 0 Å². The largest absolute Gasteiger partial charge is 1.00 e. The summed E-state index contributed by atoms with van der Waals surface area (Å²) in [5, 5.41) is 11.0. The van der Waals surface area contributed by atoms with Crippen molar-refractivity contribution in [2.75, 3.05) is 13.1 Å². The number of hydrogen-bond acceptors (Lipinski definition) is 3. The maximum atomic E-state index is 11.0. The molecule has 0 radical (unpaired) electrons. The average Bonchev–Trinajstić information content (AvgIpc) is 3.02. The summed E-state index contributed by atoms with van der Waals surface area (Å²) >= 11 is 0. The zero-order valence-corrected chi connectivity index (χ0v) is 31.8. The molecule has 0 rings (SSSR count). The smallest absolute Gasteiger partial charge is 0.550 e. The molecule has 4 heteroatoms. The summed E-state index contributed by atoms with van der Waals surface area (Å²) in [6.07, 6.45) is 45.8. The molecule has 0 aromatic heterocycles. The number of rotatable bonds is 38. The van der Waals surface area contributed by atoms with Crippen molar-refractivity contribution in [3.63, 3.8) is 0 Å². The molecule has 1 unspecified atom stereocenters. The molecule has 0 aliphatic heterocycles. The minimum atomic E-state index is -0.901. The first-order valence-electron chi connectivity index (χ1n) is 20.6. The van der Waals surface area contributed by atoms with Gasteiger partial charge in [0.05, 0.1) is 0 Å². The third kappa shape index (κ3) is 38.4. The predicted molar refractivity (Wildman–Crippen MR) is 194 cm³/mol. The van der Waals surface area contributed by atoms with Crippen LogP contribution in [-0.2, 0) is 4.79 Å². The number of carboxylic acid groups (broad SMARTS) is 1. The van der Waals surface area contributed by atoms with Crippen LogP contribution in [0.2, 0.25) is 0 Å². The number of unbranched alkanes of at least 4 members (excludes halogenated alkanes) is 30. The second-order valence-corrected chi connectivity index (χ2v) is 14.4. The van der Waals surface area contributed by atoms with Gasteiger partial charge in [0.2, 0.25) is 0 Å². The van der Waals surface area contributed by atoms with E-state index in [1.54, 1.807) is 0 Å². The fourth-order valence-corrected chi connectivity index (χ4v) is 6.79. The molecule has 0 saturated carbocycles. The number of aliphatic carboxylic acids is 1. The van der Waals surface area contributed by atoms with Crippen molar-refractivity contribution < 1.29 is 28.8 Å². The van der Waals surface area contributed by atoms with Crippen molar-refractivity contribution in [1.82, 2.24) is 4.90 Å². The Balaban J connectivity index is 0. The van der Waals surface area contributed by atoms with Crippen LogP contribution in [0.15, 0.2) is 0 Å². The Morgan fingerprint density at radius 1 is 0.444 bits per heavy atom. The van der Waals surface area contributed by atoms with Crippen molar-refractivity contribution >= 4 is 5.97 Å². The van der Waals surface area contributed by atoms with Gasteiger partial charge < -0.3 is 14.8 Å². The van der Waals surface area contributed by atoms with Gasteiger partial charge in [-0.3, -0.25) is 0 Å². The van der Waals surface area contributed by atoms with Crippen LogP contribution in [0.3, 0.4) is 0 Å². The van der Waals surface area contributed by atoms with Crippen LogP contribution < -0.4 is 24.0 Å². The minimum Gasteiger partial charge on any atom is -0.550 e. The van der Waals surface area contributed by atoms with Crippen molar-refractivity contribution in [1.29, 1.82) is 0 Å². The number of carboxylic acids is 1. The molecule has 45 heavy (non-hydrogen) atoms. The van der Waals surface area contributed by atoms with Gasteiger partial charge in [-0.15, -0.1) is 0 Å². The molecule has 0 aromatic rings. The molecule has 0 bridgehead atoms. The van der Waals surface area contributed by atoms with E-state index < -0.39 is 5.97 Å². The molecule has 0 aliphatic rings. The van der Waals surface area contributed by atoms with E-state index in [4.69, 9.17) is 0 Å². The van der Waals surface area contributed by atoms with Gasteiger partial charge in [0.25, 0.3) is 0 Å². The maximum absolute atomic E-state index is 11.0. The van der Waals surface area contributed by atoms with E-state index in [9.17, 15) is 9.90 Å². The Morgan fingerprint density at radius 3 is 0.889 bits per heavy atom. The monoisotopic (exact) mass is 628 g/mol. The molecular formula is C41H82LiNO2. The van der Waals surface area contributed by atoms with Gasteiger partial charge in [-0.25, -0.2) is 0 Å². The topological polar surface area (TPSA) is 43.4 Å². The minimum absolute atomic E-state index is 0. The van der Waals surface area contributed by atoms with E-state index >= 15 is 0 Å². The second kappa shape index (κ2) is 40.2. The molecule has 0 heterocycles. The Morgan fingerprint density at radius 2 is 0.667 bits per heavy atom. The quantitative estimate of drug-likeness (QED) is 0.0506. The molecule has 0 aromatic carbocycles. The van der Waals surface area contributed by atoms with Crippen molar-refractivity contribution in [2.45, 2.75) is 245 Å². The normalized spacial score (nSPS) is 12.1. The number of hydrogen-bond donors (Lipinski definition) is 0. The summed E-state index contributed by atoms with van der Waals surface area (Å²) in [5.74, 6) is -0.901. The molecule has 0 aliphatic carbocycles. The van der Waals surface area contributed by atoms with Crippen LogP contribution in [0.4, 0.5) is 0 Å². The molecule has 3 nitrogen and oxygen atoms in total. The van der Waals surface area contributed by atoms with Crippen LogP contribution >= 0.6 is 0 Å². The van der Waals surface area contributed by atoms with E-state index in [-0.39, 0.29) is 25.3 Å². The molecule has 0 saturated heterocycles. The maximum Gasteiger partial charge on any atom is 1.00 e. The van der Waals surface area contributed by atoms with Gasteiger partial charge in [-0.2, -0.15) is 0 Å². The summed E-state index contributed by atoms with van der Waals surface area (Å²) in [5.41, 5.74) is 0. The Labute approximate surface area is 296 Å². The SMILES string of the molecule is CCCCCCCCCCCCCCCCCCN(CCCCCCCCCCCCCCCCCC)C(C)CCC(=O)[O-].[Li+]. The van der Waals surface area contributed by atoms with Gasteiger partial charge in [0, 0.05) is 12.0 Å². The van der Waals surface area contributed by atoms with Gasteiger partial charge in [-0.05, 0) is 45.7 Å². The van der Waals surface area contributed by atoms with Gasteiger partial charge in [-0.1, -0.05) is 206 Å². The van der Waals surface area contributed by atoms with Crippen molar-refractivity contribution in [3.8, 4) is 0 Å². The fourth-order valence-electron chi connectivity index (χ4n) is 6.79. The summed E-state index contributed by atoms with van der Waals surface area (Å²) in [6.45, 7) is 9.07. The summed E-state index contributed by atoms with van der Waals surface area (Å²) in [6, 6.07) is 0.348. The van der Waals surface area contributed by atoms with Gasteiger partial charge >= 0.3 is 18.9 Å². The third-order valence-corrected chi connectivity index (χ3v) is 9.99. The Hall–Kier alpha value is 0.0274. The molecule has 0 amide bonds. The standard InChI is InChI=1S/C41H83NO2.Li/c1-4-6-8-10-12-14-16-18-20-22-24-26-28-30-32-34-38-42(40(3)36-37-41(43)44)39-35-33-31-29-27-25-23-21-19-17-15-13-11-9-7-5-2;/h40H,4-39H2,1-3H3,(H,43,44);/q;+1/p-1. The third-order valence-electron chi connectivity index (χ3n) is 9.99. The zero-order valence-electron chi connectivity index (χ0n) is 31.8. The summed E-state index contributed by atoms with van der Waals surface area (Å²) in [4.78, 5) is 13.6. The van der Waals surface area contributed by atoms with Gasteiger partial charge in [0.15, 0.2) is 0 Å². The summed E-state index contributed by atoms with van der Waals surface area (Å²) in [7, 11) is 0. The van der Waals surface area contributed by atoms with Crippen LogP contribution in [0.5, 0.6) is 0 Å². The number of carbonyl (C=O) groups is 1. The van der Waals surface area contributed by atoms with E-state index in [1.165, 1.54) is 205 Å². The van der Waals surface area contributed by atoms with Crippen LogP contribution in [0.1, 0.15) is 239 Å². The van der Waals surface area contributed by atoms with E-state index in [0.29, 0.717) is 6.04 Å². The Kier molecular flexibility index (Phi) is 42.1. The van der Waals surface area contributed by atoms with Crippen LogP contribution in [0.25, 0.3) is 0 Å². The predicted octanol–water partition coefficient (Wildman–Crippen LogP) is 9.73. The second-order valence-electron chi connectivity index (χ2n) is 14.4. The molecule has 0 spiro atoms. The van der Waals surface area contributed by atoms with Gasteiger partial charge in [0.1, 0.15) is 0 Å². The fraction of sp³-hybridized carbons (Fsp3) is 0.976. The first-order chi connectivity index (χ1) is 21.6. The zero-order chi connectivity index (χ0) is 32.2. The molecule has 0 N–H and O–H groups in total. The van der Waals surface area contributed by atoms with E-state index in [1.807, 2.05) is 0 Å². The first-order valence-corrected chi connectivity index (χ1v) is 20.6. The van der Waals surface area contributed by atoms with E-state index in [2.05, 4.69) is 25.7 Å². The Bertz CT molecular complexity index is 522. The molecule has 0 fully saturated rings. The van der Waals surface area contributed by atoms with E-state index in [0.717, 1.165) is 19.5 Å². The molecule has 264 valence electrons. The van der Waals surface area contributed by atoms with Crippen LogP contribution in [-0.4, -0.2) is 30.0 Å². The van der Waals surface area contributed by atoms with Crippen molar-refractivity contribution in [3.05, 3.63) is 0 Å². The summed E-state index contributed by atoms with van der Waals surface area (Å²) < 4.78 is 0. The number of nitrogens with zero attached hydrogens (tertiary/aromatic N) is 1. The molecule has 1 atom stereocenters. The average molecular weight is 628 g/mol. The number of carbonyl (C=O) groups excluding carboxylic acids is 1. The molecular weight excluding hydrogens is 545 g/mol. The van der Waals surface area contributed by atoms with Crippen LogP contribution in [0, 0.1) is 0 Å². The first kappa shape index (κ1) is 47.1.